The Balaban J connectivity index is 2.28. The highest BCUT2D eigenvalue weighted by Crippen LogP contribution is 2.22. The predicted octanol–water partition coefficient (Wildman–Crippen LogP) is 2.61. The molecule has 1 aromatic rings. The second kappa shape index (κ2) is 9.64. The minimum Gasteiger partial charge on any atom is -0.497 e. The summed E-state index contributed by atoms with van der Waals surface area (Å²) in [5.74, 6) is 1.63. The van der Waals surface area contributed by atoms with E-state index < -0.39 is 0 Å². The topological polar surface area (TPSA) is 39.7 Å². The van der Waals surface area contributed by atoms with Crippen molar-refractivity contribution in [3.8, 4) is 11.5 Å². The average molecular weight is 267 g/mol. The maximum absolute atomic E-state index is 5.49. The minimum absolute atomic E-state index is 0.751. The molecule has 0 aromatic heterocycles. The molecule has 108 valence electrons. The molecule has 0 atom stereocenters. The minimum atomic E-state index is 0.751. The SMILES string of the molecule is CCCCOCCNCc1cc(OC)cc(OC)c1. The van der Waals surface area contributed by atoms with Gasteiger partial charge in [-0.05, 0) is 24.1 Å². The third-order valence-corrected chi connectivity index (χ3v) is 2.81. The molecule has 0 radical (unpaired) electrons. The first-order chi connectivity index (χ1) is 9.30. The van der Waals surface area contributed by atoms with Gasteiger partial charge in [0.25, 0.3) is 0 Å². The largest absolute Gasteiger partial charge is 0.497 e. The molecule has 1 rings (SSSR count). The predicted molar refractivity (Wildman–Crippen MR) is 77.0 cm³/mol. The lowest BCUT2D eigenvalue weighted by molar-refractivity contribution is 0.133. The highest BCUT2D eigenvalue weighted by Gasteiger charge is 2.01. The molecular weight excluding hydrogens is 242 g/mol. The van der Waals surface area contributed by atoms with Crippen LogP contribution in [0.5, 0.6) is 11.5 Å². The maximum Gasteiger partial charge on any atom is 0.122 e. The third kappa shape index (κ3) is 6.45. The van der Waals surface area contributed by atoms with Gasteiger partial charge >= 0.3 is 0 Å². The van der Waals surface area contributed by atoms with E-state index in [4.69, 9.17) is 14.2 Å². The summed E-state index contributed by atoms with van der Waals surface area (Å²) >= 11 is 0. The zero-order valence-electron chi connectivity index (χ0n) is 12.2. The van der Waals surface area contributed by atoms with Crippen LogP contribution in [0.25, 0.3) is 0 Å². The summed E-state index contributed by atoms with van der Waals surface area (Å²) in [7, 11) is 3.32. The van der Waals surface area contributed by atoms with Crippen LogP contribution in [0.2, 0.25) is 0 Å². The fraction of sp³-hybridized carbons (Fsp3) is 0.600. The summed E-state index contributed by atoms with van der Waals surface area (Å²) < 4.78 is 16.0. The number of methoxy groups -OCH3 is 2. The van der Waals surface area contributed by atoms with Gasteiger partial charge in [-0.15, -0.1) is 0 Å². The van der Waals surface area contributed by atoms with E-state index in [0.29, 0.717) is 0 Å². The van der Waals surface area contributed by atoms with Gasteiger partial charge in [-0.25, -0.2) is 0 Å². The molecule has 1 N–H and O–H groups in total. The molecule has 0 amide bonds. The molecule has 1 aromatic carbocycles. The van der Waals surface area contributed by atoms with E-state index in [2.05, 4.69) is 12.2 Å². The molecule has 0 aliphatic rings. The van der Waals surface area contributed by atoms with Gasteiger partial charge in [-0.1, -0.05) is 13.3 Å². The van der Waals surface area contributed by atoms with Crippen molar-refractivity contribution in [3.05, 3.63) is 23.8 Å². The Labute approximate surface area is 116 Å². The van der Waals surface area contributed by atoms with E-state index in [1.807, 2.05) is 18.2 Å². The monoisotopic (exact) mass is 267 g/mol. The van der Waals surface area contributed by atoms with Crippen LogP contribution < -0.4 is 14.8 Å². The van der Waals surface area contributed by atoms with Gasteiger partial charge in [0, 0.05) is 25.8 Å². The Kier molecular flexibility index (Phi) is 8.02. The van der Waals surface area contributed by atoms with Crippen molar-refractivity contribution in [3.63, 3.8) is 0 Å². The van der Waals surface area contributed by atoms with E-state index in [9.17, 15) is 0 Å². The third-order valence-electron chi connectivity index (χ3n) is 2.81. The van der Waals surface area contributed by atoms with Crippen molar-refractivity contribution in [2.75, 3.05) is 34.0 Å². The van der Waals surface area contributed by atoms with E-state index in [1.54, 1.807) is 14.2 Å². The summed E-state index contributed by atoms with van der Waals surface area (Å²) in [6.45, 7) is 5.40. The molecule has 19 heavy (non-hydrogen) atoms. The van der Waals surface area contributed by atoms with Gasteiger partial charge in [-0.3, -0.25) is 0 Å². The lowest BCUT2D eigenvalue weighted by atomic mass is 10.2. The standard InChI is InChI=1S/C15H25NO3/c1-4-5-7-19-8-6-16-12-13-9-14(17-2)11-15(10-13)18-3/h9-11,16H,4-8,12H2,1-3H3. The first-order valence-corrected chi connectivity index (χ1v) is 6.80. The zero-order chi connectivity index (χ0) is 13.9. The van der Waals surface area contributed by atoms with Crippen molar-refractivity contribution in [2.45, 2.75) is 26.3 Å². The van der Waals surface area contributed by atoms with Gasteiger partial charge in [0.05, 0.1) is 20.8 Å². The number of rotatable bonds is 10. The summed E-state index contributed by atoms with van der Waals surface area (Å²) in [4.78, 5) is 0. The molecule has 4 heteroatoms. The Morgan fingerprint density at radius 1 is 1.00 bits per heavy atom. The second-order valence-corrected chi connectivity index (χ2v) is 4.36. The summed E-state index contributed by atoms with van der Waals surface area (Å²) in [5, 5.41) is 3.35. The van der Waals surface area contributed by atoms with Crippen molar-refractivity contribution in [1.82, 2.24) is 5.32 Å². The Hall–Kier alpha value is -1.26. The molecular formula is C15H25NO3. The fourth-order valence-electron chi connectivity index (χ4n) is 1.69. The van der Waals surface area contributed by atoms with Crippen LogP contribution in [0.3, 0.4) is 0 Å². The average Bonchev–Trinajstić information content (AvgIpc) is 2.45. The van der Waals surface area contributed by atoms with Gasteiger partial charge in [0.1, 0.15) is 11.5 Å². The van der Waals surface area contributed by atoms with Crippen LogP contribution in [0.4, 0.5) is 0 Å². The number of hydrogen-bond donors (Lipinski definition) is 1. The molecule has 0 heterocycles. The summed E-state index contributed by atoms with van der Waals surface area (Å²) in [6, 6.07) is 5.89. The van der Waals surface area contributed by atoms with Crippen molar-refractivity contribution >= 4 is 0 Å². The molecule has 0 aliphatic carbocycles. The van der Waals surface area contributed by atoms with E-state index in [1.165, 1.54) is 6.42 Å². The summed E-state index contributed by atoms with van der Waals surface area (Å²) in [6.07, 6.45) is 2.31. The first kappa shape index (κ1) is 15.8. The quantitative estimate of drug-likeness (QED) is 0.661. The molecule has 0 unspecified atom stereocenters. The van der Waals surface area contributed by atoms with Gasteiger partial charge in [0.15, 0.2) is 0 Å². The zero-order valence-corrected chi connectivity index (χ0v) is 12.2. The highest BCUT2D eigenvalue weighted by atomic mass is 16.5. The molecule has 0 aliphatic heterocycles. The van der Waals surface area contributed by atoms with Crippen LogP contribution >= 0.6 is 0 Å². The van der Waals surface area contributed by atoms with Crippen molar-refractivity contribution in [1.29, 1.82) is 0 Å². The van der Waals surface area contributed by atoms with Crippen LogP contribution in [0.1, 0.15) is 25.3 Å². The van der Waals surface area contributed by atoms with E-state index in [0.717, 1.165) is 49.8 Å². The summed E-state index contributed by atoms with van der Waals surface area (Å²) in [5.41, 5.74) is 1.14. The van der Waals surface area contributed by atoms with E-state index in [-0.39, 0.29) is 0 Å². The van der Waals surface area contributed by atoms with Gasteiger partial charge in [0.2, 0.25) is 0 Å². The van der Waals surface area contributed by atoms with Gasteiger partial charge < -0.3 is 19.5 Å². The first-order valence-electron chi connectivity index (χ1n) is 6.80. The van der Waals surface area contributed by atoms with Crippen molar-refractivity contribution in [2.24, 2.45) is 0 Å². The molecule has 0 fully saturated rings. The molecule has 4 nitrogen and oxygen atoms in total. The lowest BCUT2D eigenvalue weighted by Gasteiger charge is -2.09. The van der Waals surface area contributed by atoms with Gasteiger partial charge in [-0.2, -0.15) is 0 Å². The smallest absolute Gasteiger partial charge is 0.122 e. The van der Waals surface area contributed by atoms with Crippen LogP contribution in [-0.4, -0.2) is 34.0 Å². The van der Waals surface area contributed by atoms with Crippen molar-refractivity contribution < 1.29 is 14.2 Å². The van der Waals surface area contributed by atoms with E-state index >= 15 is 0 Å². The number of benzene rings is 1. The van der Waals surface area contributed by atoms with Crippen LogP contribution in [-0.2, 0) is 11.3 Å². The molecule has 0 spiro atoms. The lowest BCUT2D eigenvalue weighted by Crippen LogP contribution is -2.19. The molecule has 0 saturated carbocycles. The fourth-order valence-corrected chi connectivity index (χ4v) is 1.69. The Bertz CT molecular complexity index is 333. The number of unbranched alkanes of at least 4 members (excludes halogenated alkanes) is 1. The highest BCUT2D eigenvalue weighted by molar-refractivity contribution is 5.38. The van der Waals surface area contributed by atoms with Crippen LogP contribution in [0, 0.1) is 0 Å². The Morgan fingerprint density at radius 3 is 2.26 bits per heavy atom. The second-order valence-electron chi connectivity index (χ2n) is 4.36. The van der Waals surface area contributed by atoms with Crippen LogP contribution in [0.15, 0.2) is 18.2 Å². The maximum atomic E-state index is 5.49. The molecule has 0 saturated heterocycles. The number of nitrogens with one attached hydrogen (secondary N) is 1. The number of ether oxygens (including phenoxy) is 3. The number of hydrogen-bond acceptors (Lipinski definition) is 4. The normalized spacial score (nSPS) is 10.5. The molecule has 0 bridgehead atoms. The Morgan fingerprint density at radius 2 is 1.68 bits per heavy atom.